The largest absolute Gasteiger partial charge is 0.491 e. The van der Waals surface area contributed by atoms with Crippen LogP contribution in [0.25, 0.3) is 0 Å². The number of hydrogen-bond acceptors (Lipinski definition) is 4. The highest BCUT2D eigenvalue weighted by Crippen LogP contribution is 2.13. The molecule has 1 aromatic carbocycles. The van der Waals surface area contributed by atoms with Crippen molar-refractivity contribution in [2.75, 3.05) is 32.8 Å². The molecule has 2 unspecified atom stereocenters. The summed E-state index contributed by atoms with van der Waals surface area (Å²) in [5.74, 6) is 1.59. The molecule has 1 saturated heterocycles. The Kier molecular flexibility index (Phi) is 11.2. The molecule has 1 aliphatic rings. The summed E-state index contributed by atoms with van der Waals surface area (Å²) in [5.41, 5.74) is 1.12. The molecular formula is C20H33IN4O3. The van der Waals surface area contributed by atoms with Gasteiger partial charge >= 0.3 is 0 Å². The van der Waals surface area contributed by atoms with Crippen LogP contribution in [0.5, 0.6) is 5.75 Å². The third-order valence-electron chi connectivity index (χ3n) is 4.42. The quantitative estimate of drug-likeness (QED) is 0.286. The Morgan fingerprint density at radius 2 is 2.21 bits per heavy atom. The Labute approximate surface area is 185 Å². The minimum Gasteiger partial charge on any atom is -0.491 e. The Morgan fingerprint density at radius 3 is 2.89 bits per heavy atom. The van der Waals surface area contributed by atoms with Gasteiger partial charge in [0.2, 0.25) is 5.91 Å². The first-order chi connectivity index (χ1) is 13.0. The van der Waals surface area contributed by atoms with E-state index in [9.17, 15) is 9.90 Å². The maximum absolute atomic E-state index is 11.8. The molecule has 0 spiro atoms. The van der Waals surface area contributed by atoms with Crippen LogP contribution in [0.2, 0.25) is 0 Å². The van der Waals surface area contributed by atoms with Crippen molar-refractivity contribution in [1.82, 2.24) is 15.5 Å². The first-order valence-electron chi connectivity index (χ1n) is 9.72. The molecule has 28 heavy (non-hydrogen) atoms. The van der Waals surface area contributed by atoms with Crippen LogP contribution in [0.3, 0.4) is 0 Å². The summed E-state index contributed by atoms with van der Waals surface area (Å²) in [5, 5.41) is 16.7. The fourth-order valence-electron chi connectivity index (χ4n) is 2.99. The number of aliphatic hydroxyl groups is 1. The Morgan fingerprint density at radius 1 is 1.43 bits per heavy atom. The fourth-order valence-corrected chi connectivity index (χ4v) is 2.99. The molecule has 2 atom stereocenters. The second-order valence-corrected chi connectivity index (χ2v) is 6.82. The standard InChI is InChI=1S/C20H32N4O3.HI/c1-4-19(26)24-10-9-16(13-24)23-20(21-5-2)22-12-17(25)14-27-18-8-6-7-15(3)11-18;/h6-8,11,16-17,25H,4-5,9-10,12-14H2,1-3H3,(H2,21,22,23);1H. The maximum Gasteiger partial charge on any atom is 0.222 e. The topological polar surface area (TPSA) is 86.2 Å². The lowest BCUT2D eigenvalue weighted by atomic mass is 10.2. The van der Waals surface area contributed by atoms with E-state index in [1.54, 1.807) is 0 Å². The molecule has 0 radical (unpaired) electrons. The molecule has 2 rings (SSSR count). The van der Waals surface area contributed by atoms with Crippen molar-refractivity contribution in [2.24, 2.45) is 4.99 Å². The van der Waals surface area contributed by atoms with E-state index in [1.165, 1.54) is 0 Å². The van der Waals surface area contributed by atoms with Gasteiger partial charge in [-0.05, 0) is 38.0 Å². The lowest BCUT2D eigenvalue weighted by Crippen LogP contribution is -2.45. The van der Waals surface area contributed by atoms with Crippen LogP contribution >= 0.6 is 24.0 Å². The minimum atomic E-state index is -0.692. The lowest BCUT2D eigenvalue weighted by Gasteiger charge is -2.19. The van der Waals surface area contributed by atoms with E-state index >= 15 is 0 Å². The van der Waals surface area contributed by atoms with Gasteiger partial charge < -0.3 is 25.4 Å². The number of ether oxygens (including phenoxy) is 1. The van der Waals surface area contributed by atoms with Crippen LogP contribution in [-0.4, -0.2) is 66.8 Å². The predicted molar refractivity (Wildman–Crippen MR) is 122 cm³/mol. The molecule has 0 aliphatic carbocycles. The summed E-state index contributed by atoms with van der Waals surface area (Å²) in [6.45, 7) is 8.50. The van der Waals surface area contributed by atoms with Crippen LogP contribution in [0.4, 0.5) is 0 Å². The van der Waals surface area contributed by atoms with Crippen molar-refractivity contribution in [3.63, 3.8) is 0 Å². The summed E-state index contributed by atoms with van der Waals surface area (Å²) in [7, 11) is 0. The number of likely N-dealkylation sites (tertiary alicyclic amines) is 1. The third kappa shape index (κ3) is 8.22. The number of hydrogen-bond donors (Lipinski definition) is 3. The summed E-state index contributed by atoms with van der Waals surface area (Å²) in [4.78, 5) is 18.1. The molecule has 7 nitrogen and oxygen atoms in total. The molecule has 1 fully saturated rings. The summed E-state index contributed by atoms with van der Waals surface area (Å²) < 4.78 is 5.62. The first-order valence-corrected chi connectivity index (χ1v) is 9.72. The number of aliphatic imine (C=N–C) groups is 1. The zero-order valence-corrected chi connectivity index (χ0v) is 19.3. The van der Waals surface area contributed by atoms with Gasteiger partial charge in [-0.1, -0.05) is 19.1 Å². The number of aryl methyl sites for hydroxylation is 1. The van der Waals surface area contributed by atoms with E-state index in [0.29, 0.717) is 18.9 Å². The molecule has 0 bridgehead atoms. The molecule has 3 N–H and O–H groups in total. The Balaban J connectivity index is 0.00000392. The second kappa shape index (κ2) is 12.8. The summed E-state index contributed by atoms with van der Waals surface area (Å²) >= 11 is 0. The van der Waals surface area contributed by atoms with Crippen LogP contribution in [0.1, 0.15) is 32.3 Å². The normalized spacial score (nSPS) is 17.6. The molecular weight excluding hydrogens is 471 g/mol. The van der Waals surface area contributed by atoms with E-state index in [2.05, 4.69) is 15.6 Å². The number of amides is 1. The molecule has 1 amide bonds. The van der Waals surface area contributed by atoms with Crippen molar-refractivity contribution >= 4 is 35.8 Å². The molecule has 1 aromatic rings. The van der Waals surface area contributed by atoms with Gasteiger partial charge in [-0.25, -0.2) is 0 Å². The minimum absolute atomic E-state index is 0. The van der Waals surface area contributed by atoms with Gasteiger partial charge in [-0.3, -0.25) is 9.79 Å². The van der Waals surface area contributed by atoms with Crippen molar-refractivity contribution in [3.05, 3.63) is 29.8 Å². The van der Waals surface area contributed by atoms with Crippen LogP contribution in [0, 0.1) is 6.92 Å². The monoisotopic (exact) mass is 504 g/mol. The first kappa shape index (κ1) is 24.5. The summed E-state index contributed by atoms with van der Waals surface area (Å²) in [6.07, 6.45) is 0.742. The maximum atomic E-state index is 11.8. The van der Waals surface area contributed by atoms with E-state index in [-0.39, 0.29) is 49.1 Å². The molecule has 0 saturated carbocycles. The zero-order chi connectivity index (χ0) is 19.6. The number of nitrogens with zero attached hydrogens (tertiary/aromatic N) is 2. The number of carbonyl (C=O) groups excluding carboxylic acids is 1. The lowest BCUT2D eigenvalue weighted by molar-refractivity contribution is -0.129. The highest BCUT2D eigenvalue weighted by Gasteiger charge is 2.25. The van der Waals surface area contributed by atoms with Crippen LogP contribution in [0.15, 0.2) is 29.3 Å². The third-order valence-corrected chi connectivity index (χ3v) is 4.42. The highest BCUT2D eigenvalue weighted by atomic mass is 127. The smallest absolute Gasteiger partial charge is 0.222 e. The second-order valence-electron chi connectivity index (χ2n) is 6.82. The number of nitrogens with one attached hydrogen (secondary N) is 2. The molecule has 0 aromatic heterocycles. The van der Waals surface area contributed by atoms with Gasteiger partial charge in [0.1, 0.15) is 18.5 Å². The number of guanidine groups is 1. The highest BCUT2D eigenvalue weighted by molar-refractivity contribution is 14.0. The number of benzene rings is 1. The van der Waals surface area contributed by atoms with Crippen molar-refractivity contribution in [1.29, 1.82) is 0 Å². The van der Waals surface area contributed by atoms with Crippen molar-refractivity contribution in [3.8, 4) is 5.75 Å². The average molecular weight is 504 g/mol. The molecule has 8 heteroatoms. The molecule has 1 heterocycles. The Hall–Kier alpha value is -1.55. The molecule has 1 aliphatic heterocycles. The van der Waals surface area contributed by atoms with Gasteiger partial charge in [0, 0.05) is 32.1 Å². The van der Waals surface area contributed by atoms with Crippen molar-refractivity contribution < 1.29 is 14.6 Å². The van der Waals surface area contributed by atoms with E-state index < -0.39 is 6.10 Å². The number of carbonyl (C=O) groups is 1. The zero-order valence-electron chi connectivity index (χ0n) is 17.0. The fraction of sp³-hybridized carbons (Fsp3) is 0.600. The van der Waals surface area contributed by atoms with Crippen molar-refractivity contribution in [2.45, 2.75) is 45.8 Å². The van der Waals surface area contributed by atoms with Crippen LogP contribution < -0.4 is 15.4 Å². The van der Waals surface area contributed by atoms with Crippen LogP contribution in [-0.2, 0) is 4.79 Å². The van der Waals surface area contributed by atoms with Gasteiger partial charge in [0.05, 0.1) is 6.54 Å². The van der Waals surface area contributed by atoms with Gasteiger partial charge in [0.25, 0.3) is 0 Å². The van der Waals surface area contributed by atoms with E-state index in [1.807, 2.05) is 49.9 Å². The van der Waals surface area contributed by atoms with Gasteiger partial charge in [-0.2, -0.15) is 0 Å². The number of rotatable bonds is 8. The number of halogens is 1. The van der Waals surface area contributed by atoms with E-state index in [4.69, 9.17) is 4.74 Å². The SMILES string of the molecule is CCNC(=NCC(O)COc1cccc(C)c1)NC1CCN(C(=O)CC)C1.I. The Bertz CT molecular complexity index is 642. The average Bonchev–Trinajstić information content (AvgIpc) is 3.12. The summed E-state index contributed by atoms with van der Waals surface area (Å²) in [6, 6.07) is 7.92. The molecule has 158 valence electrons. The van der Waals surface area contributed by atoms with Gasteiger partial charge in [-0.15, -0.1) is 24.0 Å². The van der Waals surface area contributed by atoms with E-state index in [0.717, 1.165) is 30.8 Å². The number of aliphatic hydroxyl groups excluding tert-OH is 1. The van der Waals surface area contributed by atoms with Gasteiger partial charge in [0.15, 0.2) is 5.96 Å². The predicted octanol–water partition coefficient (Wildman–Crippen LogP) is 1.92.